The molecule has 33 heavy (non-hydrogen) atoms. The molecular formula is C24H27Cl2N3O4. The molecule has 4 rings (SSSR count). The van der Waals surface area contributed by atoms with Gasteiger partial charge < -0.3 is 14.6 Å². The Morgan fingerprint density at radius 2 is 1.91 bits per heavy atom. The van der Waals surface area contributed by atoms with Gasteiger partial charge in [-0.05, 0) is 61.6 Å². The van der Waals surface area contributed by atoms with Crippen molar-refractivity contribution >= 4 is 40.6 Å². The van der Waals surface area contributed by atoms with Crippen molar-refractivity contribution in [3.05, 3.63) is 52.0 Å². The minimum Gasteiger partial charge on any atom is -0.492 e. The standard InChI is InChI=1S/C24H27Cl2N3O4/c25-17-8-10-23(21(15-17)29-27-19-4-1-2-5-20(19)28-29)33-13-3-12-32-22-9-6-16(14-18(22)26)7-11-24(30)31/h6,8-10,14-15,19,27H,1-5,7,11-13H2,(H,30,31). The van der Waals surface area contributed by atoms with Crippen LogP contribution in [-0.2, 0) is 11.2 Å². The molecule has 1 aliphatic heterocycles. The van der Waals surface area contributed by atoms with Crippen molar-refractivity contribution in [3.8, 4) is 11.5 Å². The molecule has 0 amide bonds. The van der Waals surface area contributed by atoms with E-state index in [1.165, 1.54) is 18.6 Å². The first-order valence-corrected chi connectivity index (χ1v) is 11.9. The first kappa shape index (κ1) is 23.7. The lowest BCUT2D eigenvalue weighted by atomic mass is 9.94. The highest BCUT2D eigenvalue weighted by Gasteiger charge is 2.30. The van der Waals surface area contributed by atoms with Crippen molar-refractivity contribution in [1.29, 1.82) is 0 Å². The number of hydrazone groups is 1. The summed E-state index contributed by atoms with van der Waals surface area (Å²) >= 11 is 12.5. The number of hydrogen-bond donors (Lipinski definition) is 2. The van der Waals surface area contributed by atoms with E-state index < -0.39 is 5.97 Å². The van der Waals surface area contributed by atoms with Crippen molar-refractivity contribution in [1.82, 2.24) is 5.43 Å². The largest absolute Gasteiger partial charge is 0.492 e. The molecular weight excluding hydrogens is 465 g/mol. The highest BCUT2D eigenvalue weighted by Crippen LogP contribution is 2.34. The normalized spacial score (nSPS) is 17.5. The molecule has 2 aliphatic rings. The Labute approximate surface area is 203 Å². The molecule has 1 unspecified atom stereocenters. The second-order valence-electron chi connectivity index (χ2n) is 8.15. The molecule has 1 aliphatic carbocycles. The van der Waals surface area contributed by atoms with Crippen molar-refractivity contribution in [2.45, 2.75) is 51.0 Å². The zero-order chi connectivity index (χ0) is 23.2. The van der Waals surface area contributed by atoms with Gasteiger partial charge in [-0.2, -0.15) is 10.2 Å². The molecule has 1 fully saturated rings. The van der Waals surface area contributed by atoms with Crippen LogP contribution in [0.5, 0.6) is 11.5 Å². The Kier molecular flexibility index (Phi) is 7.96. The maximum atomic E-state index is 10.7. The van der Waals surface area contributed by atoms with Gasteiger partial charge in [0.2, 0.25) is 0 Å². The molecule has 0 bridgehead atoms. The number of carbonyl (C=O) groups is 1. The molecule has 7 nitrogen and oxygen atoms in total. The number of fused-ring (bicyclic) bond motifs is 1. The topological polar surface area (TPSA) is 83.4 Å². The van der Waals surface area contributed by atoms with E-state index in [0.717, 1.165) is 24.1 Å². The molecule has 1 atom stereocenters. The van der Waals surface area contributed by atoms with Crippen LogP contribution in [0.25, 0.3) is 0 Å². The average molecular weight is 492 g/mol. The predicted molar refractivity (Wildman–Crippen MR) is 130 cm³/mol. The number of halogens is 2. The fourth-order valence-corrected chi connectivity index (χ4v) is 4.38. The van der Waals surface area contributed by atoms with Gasteiger partial charge in [0.15, 0.2) is 0 Å². The van der Waals surface area contributed by atoms with Gasteiger partial charge in [0.1, 0.15) is 17.2 Å². The van der Waals surface area contributed by atoms with Gasteiger partial charge in [0, 0.05) is 17.9 Å². The molecule has 0 radical (unpaired) electrons. The summed E-state index contributed by atoms with van der Waals surface area (Å²) in [5, 5.41) is 16.4. The number of rotatable bonds is 10. The Hall–Kier alpha value is -2.48. The number of hydrogen-bond acceptors (Lipinski definition) is 6. The van der Waals surface area contributed by atoms with Gasteiger partial charge >= 0.3 is 5.97 Å². The van der Waals surface area contributed by atoms with Crippen LogP contribution in [0, 0.1) is 0 Å². The van der Waals surface area contributed by atoms with Crippen LogP contribution >= 0.6 is 23.2 Å². The van der Waals surface area contributed by atoms with Crippen molar-refractivity contribution in [3.63, 3.8) is 0 Å². The third-order valence-corrected chi connectivity index (χ3v) is 6.19. The third kappa shape index (κ3) is 6.31. The van der Waals surface area contributed by atoms with Gasteiger partial charge in [0.05, 0.1) is 30.0 Å². The fourth-order valence-electron chi connectivity index (χ4n) is 3.95. The summed E-state index contributed by atoms with van der Waals surface area (Å²) in [5.41, 5.74) is 6.30. The maximum absolute atomic E-state index is 10.7. The van der Waals surface area contributed by atoms with E-state index in [1.54, 1.807) is 23.3 Å². The van der Waals surface area contributed by atoms with Gasteiger partial charge in [-0.3, -0.25) is 4.79 Å². The molecule has 1 saturated carbocycles. The number of anilines is 1. The first-order valence-electron chi connectivity index (χ1n) is 11.2. The number of aliphatic carboxylic acids is 1. The molecule has 176 valence electrons. The second-order valence-corrected chi connectivity index (χ2v) is 9.00. The van der Waals surface area contributed by atoms with E-state index in [0.29, 0.717) is 53.6 Å². The first-order chi connectivity index (χ1) is 16.0. The summed E-state index contributed by atoms with van der Waals surface area (Å²) in [6.45, 7) is 0.889. The van der Waals surface area contributed by atoms with E-state index >= 15 is 0 Å². The third-order valence-electron chi connectivity index (χ3n) is 5.66. The summed E-state index contributed by atoms with van der Waals surface area (Å²) in [5.74, 6) is 0.444. The monoisotopic (exact) mass is 491 g/mol. The van der Waals surface area contributed by atoms with Gasteiger partial charge in [-0.15, -0.1) is 0 Å². The SMILES string of the molecule is O=C(O)CCc1ccc(OCCCOc2ccc(Cl)cc2N2N=C3CCCCC3N2)c(Cl)c1. The van der Waals surface area contributed by atoms with Gasteiger partial charge in [-0.25, -0.2) is 5.43 Å². The molecule has 0 aromatic heterocycles. The second kappa shape index (κ2) is 11.1. The molecule has 9 heteroatoms. The van der Waals surface area contributed by atoms with Crippen LogP contribution in [-0.4, -0.2) is 36.0 Å². The Bertz CT molecular complexity index is 1030. The number of benzene rings is 2. The minimum absolute atomic E-state index is 0.0702. The average Bonchev–Trinajstić information content (AvgIpc) is 3.23. The number of nitrogens with one attached hydrogen (secondary N) is 1. The number of ether oxygens (including phenoxy) is 2. The summed E-state index contributed by atoms with van der Waals surface area (Å²) < 4.78 is 11.8. The smallest absolute Gasteiger partial charge is 0.303 e. The summed E-state index contributed by atoms with van der Waals surface area (Å²) in [7, 11) is 0. The molecule has 2 aromatic rings. The zero-order valence-corrected chi connectivity index (χ0v) is 19.7. The highest BCUT2D eigenvalue weighted by atomic mass is 35.5. The van der Waals surface area contributed by atoms with Gasteiger partial charge in [0.25, 0.3) is 0 Å². The van der Waals surface area contributed by atoms with E-state index in [-0.39, 0.29) is 6.42 Å². The predicted octanol–water partition coefficient (Wildman–Crippen LogP) is 5.48. The minimum atomic E-state index is -0.832. The quantitative estimate of drug-likeness (QED) is 0.428. The highest BCUT2D eigenvalue weighted by molar-refractivity contribution is 6.32. The van der Waals surface area contributed by atoms with E-state index in [9.17, 15) is 4.79 Å². The van der Waals surface area contributed by atoms with Crippen LogP contribution in [0.1, 0.15) is 44.1 Å². The van der Waals surface area contributed by atoms with Crippen LogP contribution < -0.4 is 20.0 Å². The maximum Gasteiger partial charge on any atom is 0.303 e. The zero-order valence-electron chi connectivity index (χ0n) is 18.2. The number of aryl methyl sites for hydroxylation is 1. The van der Waals surface area contributed by atoms with Crippen LogP contribution in [0.2, 0.25) is 10.0 Å². The number of carboxylic acids is 1. The van der Waals surface area contributed by atoms with Crippen LogP contribution in [0.15, 0.2) is 41.5 Å². The van der Waals surface area contributed by atoms with Gasteiger partial charge in [-0.1, -0.05) is 35.7 Å². The number of hydrazine groups is 1. The van der Waals surface area contributed by atoms with Crippen LogP contribution in [0.4, 0.5) is 5.69 Å². The van der Waals surface area contributed by atoms with Crippen LogP contribution in [0.3, 0.4) is 0 Å². The lowest BCUT2D eigenvalue weighted by Crippen LogP contribution is -2.39. The number of carboxylic acid groups (broad SMARTS) is 1. The summed E-state index contributed by atoms with van der Waals surface area (Å²) in [6.07, 6.45) is 5.66. The Balaban J connectivity index is 1.28. The molecule has 2 N–H and O–H groups in total. The Morgan fingerprint density at radius 1 is 1.12 bits per heavy atom. The molecule has 2 aromatic carbocycles. The summed E-state index contributed by atoms with van der Waals surface area (Å²) in [6, 6.07) is 11.2. The van der Waals surface area contributed by atoms with Crippen molar-refractivity contribution in [2.24, 2.45) is 5.10 Å². The molecule has 1 heterocycles. The lowest BCUT2D eigenvalue weighted by molar-refractivity contribution is -0.136. The lowest BCUT2D eigenvalue weighted by Gasteiger charge is -2.22. The molecule has 0 spiro atoms. The van der Waals surface area contributed by atoms with E-state index in [1.807, 2.05) is 18.2 Å². The van der Waals surface area contributed by atoms with E-state index in [4.69, 9.17) is 42.9 Å². The summed E-state index contributed by atoms with van der Waals surface area (Å²) in [4.78, 5) is 10.7. The Morgan fingerprint density at radius 3 is 2.67 bits per heavy atom. The van der Waals surface area contributed by atoms with E-state index in [2.05, 4.69) is 5.43 Å². The number of nitrogens with zero attached hydrogens (tertiary/aromatic N) is 2. The van der Waals surface area contributed by atoms with Crippen molar-refractivity contribution in [2.75, 3.05) is 18.3 Å². The molecule has 0 saturated heterocycles. The van der Waals surface area contributed by atoms with Crippen molar-refractivity contribution < 1.29 is 19.4 Å². The fraction of sp³-hybridized carbons (Fsp3) is 0.417.